The first kappa shape index (κ1) is 69.2. The maximum absolute atomic E-state index is 6.63. The van der Waals surface area contributed by atoms with E-state index in [0.29, 0.717) is 34.9 Å². The van der Waals surface area contributed by atoms with Crippen LogP contribution in [0.3, 0.4) is 0 Å². The zero-order valence-corrected chi connectivity index (χ0v) is 66.6. The van der Waals surface area contributed by atoms with Crippen LogP contribution in [0.5, 0.6) is 0 Å². The van der Waals surface area contributed by atoms with Gasteiger partial charge in [-0.3, -0.25) is 0 Å². The number of hydrogen-bond donors (Lipinski definition) is 0. The maximum Gasteiger partial charge on any atom is 0.165 e. The minimum atomic E-state index is 0.640. The Morgan fingerprint density at radius 2 is 0.600 bits per heavy atom. The largest absolute Gasteiger partial charge is 0.455 e. The fourth-order valence-corrected chi connectivity index (χ4v) is 21.5. The van der Waals surface area contributed by atoms with Gasteiger partial charge in [-0.25, -0.2) is 29.9 Å². The molecular weight excluding hydrogens is 1520 g/mol. The zero-order valence-electron chi connectivity index (χ0n) is 64.2. The monoisotopic (exact) mass is 1580 g/mol. The van der Waals surface area contributed by atoms with Gasteiger partial charge in [-0.05, 0) is 125 Å². The van der Waals surface area contributed by atoms with Crippen molar-refractivity contribution >= 4 is 160 Å². The van der Waals surface area contributed by atoms with E-state index in [1.807, 2.05) is 90.2 Å². The molecule has 8 heterocycles. The maximum atomic E-state index is 6.63. The lowest BCUT2D eigenvalue weighted by atomic mass is 9.92. The average molecular weight is 1590 g/mol. The summed E-state index contributed by atoms with van der Waals surface area (Å²) in [4.78, 5) is 31.0. The first-order chi connectivity index (χ1) is 59.5. The molecule has 0 aliphatic rings. The molecule has 560 valence electrons. The summed E-state index contributed by atoms with van der Waals surface area (Å²) in [6, 6.07) is 138. The van der Waals surface area contributed by atoms with Crippen LogP contribution in [-0.2, 0) is 0 Å². The number of thiophene rings is 3. The van der Waals surface area contributed by atoms with Gasteiger partial charge in [-0.2, -0.15) is 0 Å². The predicted molar refractivity (Wildman–Crippen MR) is 503 cm³/mol. The molecule has 25 aromatic rings. The van der Waals surface area contributed by atoms with Crippen molar-refractivity contribution < 1.29 is 4.42 Å². The molecule has 0 spiro atoms. The lowest BCUT2D eigenvalue weighted by Crippen LogP contribution is -2.01. The van der Waals surface area contributed by atoms with E-state index >= 15 is 0 Å². The third-order valence-corrected chi connectivity index (χ3v) is 27.0. The lowest BCUT2D eigenvalue weighted by molar-refractivity contribution is 0.673. The van der Waals surface area contributed by atoms with E-state index < -0.39 is 0 Å². The molecule has 0 atom stereocenters. The van der Waals surface area contributed by atoms with Gasteiger partial charge in [0.1, 0.15) is 11.2 Å². The Labute approximate surface area is 699 Å². The Hall–Kier alpha value is -15.2. The van der Waals surface area contributed by atoms with Crippen molar-refractivity contribution in [1.29, 1.82) is 0 Å². The molecule has 0 saturated heterocycles. The molecule has 25 rings (SSSR count). The van der Waals surface area contributed by atoms with Gasteiger partial charge in [-0.15, -0.1) is 34.0 Å². The third kappa shape index (κ3) is 11.5. The molecule has 0 N–H and O–H groups in total. The van der Waals surface area contributed by atoms with Crippen LogP contribution in [0.4, 0.5) is 0 Å². The molecule has 0 radical (unpaired) electrons. The molecule has 0 unspecified atom stereocenters. The molecule has 9 nitrogen and oxygen atoms in total. The van der Waals surface area contributed by atoms with Crippen molar-refractivity contribution in [2.75, 3.05) is 0 Å². The summed E-state index contributed by atoms with van der Waals surface area (Å²) in [5.41, 5.74) is 21.1. The van der Waals surface area contributed by atoms with Crippen molar-refractivity contribution in [3.05, 3.63) is 388 Å². The second-order valence-corrected chi connectivity index (χ2v) is 33.4. The average Bonchev–Trinajstić information content (AvgIpc) is 1.56. The van der Waals surface area contributed by atoms with E-state index in [2.05, 4.69) is 319 Å². The molecule has 12 heteroatoms. The van der Waals surface area contributed by atoms with Crippen molar-refractivity contribution in [3.8, 4) is 113 Å². The van der Waals surface area contributed by atoms with Gasteiger partial charge in [-0.1, -0.05) is 291 Å². The predicted octanol–water partition coefficient (Wildman–Crippen LogP) is 29.9. The summed E-state index contributed by atoms with van der Waals surface area (Å²) in [6.07, 6.45) is 0. The lowest BCUT2D eigenvalue weighted by Gasteiger charge is -2.16. The number of furan rings is 1. The molecule has 0 saturated carbocycles. The van der Waals surface area contributed by atoms with Crippen LogP contribution in [0.2, 0.25) is 0 Å². The highest BCUT2D eigenvalue weighted by Crippen LogP contribution is 2.50. The molecule has 17 aromatic carbocycles. The smallest absolute Gasteiger partial charge is 0.165 e. The highest BCUT2D eigenvalue weighted by atomic mass is 32.1. The zero-order chi connectivity index (χ0) is 78.9. The normalized spacial score (nSPS) is 11.8. The topological polar surface area (TPSA) is 100 Å². The molecule has 0 bridgehead atoms. The second kappa shape index (κ2) is 28.3. The summed E-state index contributed by atoms with van der Waals surface area (Å²) >= 11 is 5.47. The van der Waals surface area contributed by atoms with Crippen molar-refractivity contribution in [1.82, 2.24) is 39.0 Å². The highest BCUT2D eigenvalue weighted by Gasteiger charge is 2.27. The van der Waals surface area contributed by atoms with E-state index in [9.17, 15) is 0 Å². The van der Waals surface area contributed by atoms with E-state index in [1.54, 1.807) is 22.7 Å². The van der Waals surface area contributed by atoms with E-state index in [0.717, 1.165) is 131 Å². The Bertz CT molecular complexity index is 8300. The van der Waals surface area contributed by atoms with E-state index in [4.69, 9.17) is 34.3 Å². The molecule has 0 aliphatic carbocycles. The van der Waals surface area contributed by atoms with E-state index in [1.165, 1.54) is 72.9 Å². The molecule has 0 amide bonds. The molecule has 0 fully saturated rings. The Balaban J connectivity index is 0.000000137. The quantitative estimate of drug-likeness (QED) is 0.127. The number of nitrogens with zero attached hydrogens (tertiary/aromatic N) is 8. The van der Waals surface area contributed by atoms with Gasteiger partial charge in [0.25, 0.3) is 0 Å². The van der Waals surface area contributed by atoms with Gasteiger partial charge in [0.2, 0.25) is 0 Å². The second-order valence-electron chi connectivity index (χ2n) is 30.3. The number of fused-ring (bicyclic) bond motifs is 20. The summed E-state index contributed by atoms with van der Waals surface area (Å²) < 4.78 is 18.9. The third-order valence-electron chi connectivity index (χ3n) is 23.3. The fraction of sp³-hybridized carbons (Fsp3) is 0. The summed E-state index contributed by atoms with van der Waals surface area (Å²) in [5.74, 6) is 3.87. The van der Waals surface area contributed by atoms with Gasteiger partial charge >= 0.3 is 0 Å². The van der Waals surface area contributed by atoms with Crippen molar-refractivity contribution in [3.63, 3.8) is 0 Å². The number of benzene rings is 17. The fourth-order valence-electron chi connectivity index (χ4n) is 17.9. The molecular formula is C108H64N8OS3. The van der Waals surface area contributed by atoms with Crippen LogP contribution >= 0.6 is 34.0 Å². The van der Waals surface area contributed by atoms with Crippen LogP contribution in [0.15, 0.2) is 393 Å². The number of hydrogen-bond acceptors (Lipinski definition) is 10. The molecule has 8 aromatic heterocycles. The highest BCUT2D eigenvalue weighted by molar-refractivity contribution is 7.27. The van der Waals surface area contributed by atoms with Crippen LogP contribution in [0, 0.1) is 0 Å². The van der Waals surface area contributed by atoms with Crippen LogP contribution < -0.4 is 0 Å². The Kier molecular flexibility index (Phi) is 16.3. The Morgan fingerprint density at radius 1 is 0.208 bits per heavy atom. The van der Waals surface area contributed by atoms with Gasteiger partial charge in [0, 0.05) is 132 Å². The van der Waals surface area contributed by atoms with Crippen LogP contribution in [0.25, 0.3) is 239 Å². The van der Waals surface area contributed by atoms with Gasteiger partial charge < -0.3 is 13.6 Å². The number of aromatic nitrogens is 8. The standard InChI is InChI=1S/C57H34N4S2.C51H30N4OS/c1-4-16-35(17-5-1)55-58-56(36-18-6-2-7-19-36)60-57(59-55)47-33-38(32-46-43-25-13-15-27-51(43)62-53(46)47)41-23-11-10-22-40(41)37-28-29-45-49(34-37)61(39-20-8-3-9-21-39)48-31-30-44-42-24-12-14-26-50(42)63-54(44)52(45)48;1-3-15-31(16-4-1)49-52-50(32-17-5-2-6-18-32)54-51(53-49)40-30-33(29-39-36-21-10-14-26-45(36)57-48(39)40)34-19-7-11-23-41(34)55-42-24-12-8-22-38(42)46-43(55)28-27-37-35-20-9-13-25-44(35)56-47(37)46/h1-34H;1-30H. The molecule has 0 aliphatic heterocycles. The van der Waals surface area contributed by atoms with Crippen LogP contribution in [-0.4, -0.2) is 39.0 Å². The number of rotatable bonds is 11. The van der Waals surface area contributed by atoms with Crippen molar-refractivity contribution in [2.24, 2.45) is 0 Å². The Morgan fingerprint density at radius 3 is 1.15 bits per heavy atom. The summed E-state index contributed by atoms with van der Waals surface area (Å²) in [7, 11) is 0. The summed E-state index contributed by atoms with van der Waals surface area (Å²) in [6.45, 7) is 0. The van der Waals surface area contributed by atoms with Gasteiger partial charge in [0.15, 0.2) is 34.9 Å². The first-order valence-electron chi connectivity index (χ1n) is 40.1. The molecule has 120 heavy (non-hydrogen) atoms. The van der Waals surface area contributed by atoms with Crippen LogP contribution in [0.1, 0.15) is 0 Å². The minimum Gasteiger partial charge on any atom is -0.455 e. The van der Waals surface area contributed by atoms with Gasteiger partial charge in [0.05, 0.1) is 33.1 Å². The number of para-hydroxylation sites is 4. The van der Waals surface area contributed by atoms with E-state index in [-0.39, 0.29) is 0 Å². The van der Waals surface area contributed by atoms with Crippen molar-refractivity contribution in [2.45, 2.75) is 0 Å². The first-order valence-corrected chi connectivity index (χ1v) is 42.6. The summed E-state index contributed by atoms with van der Waals surface area (Å²) in [5, 5.41) is 14.5. The minimum absolute atomic E-state index is 0.640. The SMILES string of the molecule is c1ccc(-c2nc(-c3ccccc3)nc(-c3cc(-c4ccccc4-c4ccc5c6c7sc8ccccc8c7ccc6n(-c6ccccc6)c5c4)cc4c3sc3ccccc34)n2)cc1.c1ccc(-c2nc(-c3ccccc3)nc(-c3cc(-c4ccccc4-n4c5ccccc5c5c6oc7ccccc7c6ccc54)cc4c3sc3ccccc34)n2)cc1.